The van der Waals surface area contributed by atoms with Crippen LogP contribution in [0.15, 0.2) is 54.9 Å². The van der Waals surface area contributed by atoms with E-state index in [2.05, 4.69) is 21.3 Å². The lowest BCUT2D eigenvalue weighted by Gasteiger charge is -2.26. The molecule has 2 aliphatic heterocycles. The van der Waals surface area contributed by atoms with Crippen LogP contribution in [-0.4, -0.2) is 66.4 Å². The average Bonchev–Trinajstić information content (AvgIpc) is 3.35. The van der Waals surface area contributed by atoms with Crippen LogP contribution in [0, 0.1) is 0 Å². The van der Waals surface area contributed by atoms with Gasteiger partial charge in [-0.1, -0.05) is 6.07 Å². The van der Waals surface area contributed by atoms with Gasteiger partial charge in [-0.3, -0.25) is 14.3 Å². The number of ether oxygens (including phenoxy) is 2. The Labute approximate surface area is 194 Å². The fourth-order valence-corrected chi connectivity index (χ4v) is 4.43. The van der Waals surface area contributed by atoms with Crippen molar-refractivity contribution in [1.29, 1.82) is 0 Å². The number of morpholine rings is 1. The van der Waals surface area contributed by atoms with Gasteiger partial charge >= 0.3 is 0 Å². The van der Waals surface area contributed by atoms with E-state index in [1.54, 1.807) is 6.20 Å². The third kappa shape index (κ3) is 5.10. The summed E-state index contributed by atoms with van der Waals surface area (Å²) in [7, 11) is 0. The summed E-state index contributed by atoms with van der Waals surface area (Å²) in [5.41, 5.74) is 3.77. The molecule has 0 spiro atoms. The molecule has 3 aromatic rings. The number of fused-ring (bicyclic) bond motifs is 1. The third-order valence-corrected chi connectivity index (χ3v) is 6.29. The van der Waals surface area contributed by atoms with Crippen molar-refractivity contribution in [2.75, 3.05) is 46.0 Å². The quantitative estimate of drug-likeness (QED) is 0.538. The van der Waals surface area contributed by atoms with Gasteiger partial charge in [0.15, 0.2) is 0 Å². The van der Waals surface area contributed by atoms with Gasteiger partial charge in [-0.25, -0.2) is 4.98 Å². The third-order valence-electron chi connectivity index (χ3n) is 6.29. The largest absolute Gasteiger partial charge is 0.494 e. The van der Waals surface area contributed by atoms with E-state index in [0.29, 0.717) is 6.54 Å². The van der Waals surface area contributed by atoms with Gasteiger partial charge in [-0.2, -0.15) is 0 Å². The Hall–Kier alpha value is -3.16. The Morgan fingerprint density at radius 2 is 1.91 bits per heavy atom. The molecular formula is C26H30N4O3. The molecule has 1 fully saturated rings. The fraction of sp³-hybridized carbons (Fsp3) is 0.385. The number of hydrogen-bond donors (Lipinski definition) is 1. The first-order valence-corrected chi connectivity index (χ1v) is 11.8. The summed E-state index contributed by atoms with van der Waals surface area (Å²) in [5, 5.41) is 2.92. The minimum absolute atomic E-state index is 0.00814. The van der Waals surface area contributed by atoms with Gasteiger partial charge < -0.3 is 14.8 Å². The molecule has 1 N–H and O–H groups in total. The van der Waals surface area contributed by atoms with Crippen LogP contribution in [0.3, 0.4) is 0 Å². The smallest absolute Gasteiger partial charge is 0.251 e. The number of nitrogens with one attached hydrogen (secondary N) is 1. The Balaban J connectivity index is 1.20. The van der Waals surface area contributed by atoms with Crippen molar-refractivity contribution in [3.05, 3.63) is 66.0 Å². The lowest BCUT2D eigenvalue weighted by molar-refractivity contribution is 0.0368. The Morgan fingerprint density at radius 3 is 2.76 bits per heavy atom. The van der Waals surface area contributed by atoms with Crippen molar-refractivity contribution in [1.82, 2.24) is 19.8 Å². The van der Waals surface area contributed by atoms with Gasteiger partial charge in [0.25, 0.3) is 5.91 Å². The van der Waals surface area contributed by atoms with Crippen molar-refractivity contribution in [2.24, 2.45) is 0 Å². The van der Waals surface area contributed by atoms with E-state index in [1.807, 2.05) is 47.2 Å². The highest BCUT2D eigenvalue weighted by Gasteiger charge is 2.18. The van der Waals surface area contributed by atoms with Crippen LogP contribution in [-0.2, 0) is 11.2 Å². The topological polar surface area (TPSA) is 68.6 Å². The number of hydrogen-bond acceptors (Lipinski definition) is 5. The van der Waals surface area contributed by atoms with E-state index in [9.17, 15) is 4.79 Å². The lowest BCUT2D eigenvalue weighted by atomic mass is 9.99. The molecule has 0 saturated carbocycles. The first-order chi connectivity index (χ1) is 16.3. The Kier molecular flexibility index (Phi) is 6.69. The molecule has 0 aliphatic carbocycles. The first kappa shape index (κ1) is 21.7. The minimum Gasteiger partial charge on any atom is -0.494 e. The maximum absolute atomic E-state index is 12.3. The molecule has 33 heavy (non-hydrogen) atoms. The van der Waals surface area contributed by atoms with E-state index < -0.39 is 0 Å². The monoisotopic (exact) mass is 446 g/mol. The van der Waals surface area contributed by atoms with Crippen LogP contribution in [0.2, 0.25) is 0 Å². The molecule has 1 saturated heterocycles. The standard InChI is InChI=1S/C26H30N4O3/c31-26-24-19-22(6-3-20(24)9-10-28-26)30-13-11-27-25(30)21-4-7-23(8-5-21)33-16-2-1-12-29-14-17-32-18-15-29/h3-8,11,13,19H,1-2,9-10,12,14-18H2,(H,28,31). The van der Waals surface area contributed by atoms with Crippen molar-refractivity contribution >= 4 is 5.91 Å². The number of carbonyl (C=O) groups is 1. The van der Waals surface area contributed by atoms with Gasteiger partial charge in [0, 0.05) is 48.8 Å². The number of nitrogens with zero attached hydrogens (tertiary/aromatic N) is 3. The Morgan fingerprint density at radius 1 is 1.06 bits per heavy atom. The van der Waals surface area contributed by atoms with Crippen LogP contribution in [0.25, 0.3) is 17.1 Å². The molecule has 172 valence electrons. The second-order valence-corrected chi connectivity index (χ2v) is 8.50. The van der Waals surface area contributed by atoms with Crippen LogP contribution in [0.4, 0.5) is 0 Å². The molecule has 0 radical (unpaired) electrons. The molecule has 0 unspecified atom stereocenters. The SMILES string of the molecule is O=C1NCCc2ccc(-n3ccnc3-c3ccc(OCCCCN4CCOCC4)cc3)cc21. The molecule has 3 heterocycles. The van der Waals surface area contributed by atoms with Crippen molar-refractivity contribution in [2.45, 2.75) is 19.3 Å². The Bertz CT molecular complexity index is 1090. The zero-order valence-electron chi connectivity index (χ0n) is 18.8. The molecule has 2 aliphatic rings. The second kappa shape index (κ2) is 10.2. The number of rotatable bonds is 8. The zero-order chi connectivity index (χ0) is 22.5. The van der Waals surface area contributed by atoms with Crippen LogP contribution in [0.5, 0.6) is 5.75 Å². The van der Waals surface area contributed by atoms with Gasteiger partial charge in [-0.15, -0.1) is 0 Å². The van der Waals surface area contributed by atoms with Crippen LogP contribution < -0.4 is 10.1 Å². The normalized spacial score (nSPS) is 16.3. The summed E-state index contributed by atoms with van der Waals surface area (Å²) in [6.45, 7) is 6.30. The molecule has 1 aromatic heterocycles. The van der Waals surface area contributed by atoms with E-state index in [1.165, 1.54) is 0 Å². The van der Waals surface area contributed by atoms with E-state index >= 15 is 0 Å². The molecule has 0 atom stereocenters. The molecule has 7 heteroatoms. The van der Waals surface area contributed by atoms with Crippen LogP contribution >= 0.6 is 0 Å². The maximum Gasteiger partial charge on any atom is 0.251 e. The van der Waals surface area contributed by atoms with Gasteiger partial charge in [0.1, 0.15) is 11.6 Å². The van der Waals surface area contributed by atoms with E-state index in [4.69, 9.17) is 9.47 Å². The summed E-state index contributed by atoms with van der Waals surface area (Å²) < 4.78 is 13.4. The molecular weight excluding hydrogens is 416 g/mol. The molecule has 1 amide bonds. The van der Waals surface area contributed by atoms with E-state index in [0.717, 1.165) is 92.7 Å². The predicted octanol–water partition coefficient (Wildman–Crippen LogP) is 3.32. The molecule has 7 nitrogen and oxygen atoms in total. The number of carbonyl (C=O) groups excluding carboxylic acids is 1. The highest BCUT2D eigenvalue weighted by molar-refractivity contribution is 5.97. The molecule has 2 aromatic carbocycles. The summed E-state index contributed by atoms with van der Waals surface area (Å²) >= 11 is 0. The van der Waals surface area contributed by atoms with E-state index in [-0.39, 0.29) is 5.91 Å². The highest BCUT2D eigenvalue weighted by atomic mass is 16.5. The van der Waals surface area contributed by atoms with Crippen molar-refractivity contribution in [3.8, 4) is 22.8 Å². The first-order valence-electron chi connectivity index (χ1n) is 11.8. The molecule has 5 rings (SSSR count). The minimum atomic E-state index is -0.00814. The summed E-state index contributed by atoms with van der Waals surface area (Å²) in [5.74, 6) is 1.70. The number of imidazole rings is 1. The highest BCUT2D eigenvalue weighted by Crippen LogP contribution is 2.26. The molecule has 0 bridgehead atoms. The number of amides is 1. The van der Waals surface area contributed by atoms with Crippen molar-refractivity contribution in [3.63, 3.8) is 0 Å². The van der Waals surface area contributed by atoms with Gasteiger partial charge in [0.05, 0.1) is 19.8 Å². The average molecular weight is 447 g/mol. The van der Waals surface area contributed by atoms with Gasteiger partial charge in [-0.05, 0) is 67.8 Å². The number of benzene rings is 2. The summed E-state index contributed by atoms with van der Waals surface area (Å²) in [6.07, 6.45) is 6.75. The number of aromatic nitrogens is 2. The second-order valence-electron chi connectivity index (χ2n) is 8.50. The summed E-state index contributed by atoms with van der Waals surface area (Å²) in [4.78, 5) is 19.3. The van der Waals surface area contributed by atoms with Crippen molar-refractivity contribution < 1.29 is 14.3 Å². The fourth-order valence-electron chi connectivity index (χ4n) is 4.43. The predicted molar refractivity (Wildman–Crippen MR) is 127 cm³/mol. The number of unbranched alkanes of at least 4 members (excludes halogenated alkanes) is 1. The van der Waals surface area contributed by atoms with Crippen LogP contribution in [0.1, 0.15) is 28.8 Å². The zero-order valence-corrected chi connectivity index (χ0v) is 18.8. The maximum atomic E-state index is 12.3. The summed E-state index contributed by atoms with van der Waals surface area (Å²) in [6, 6.07) is 14.1. The lowest BCUT2D eigenvalue weighted by Crippen LogP contribution is -2.36. The van der Waals surface area contributed by atoms with Gasteiger partial charge in [0.2, 0.25) is 0 Å².